The van der Waals surface area contributed by atoms with Gasteiger partial charge in [0.1, 0.15) is 0 Å². The molecule has 1 atom stereocenters. The quantitative estimate of drug-likeness (QED) is 0.826. The van der Waals surface area contributed by atoms with E-state index in [9.17, 15) is 4.79 Å². The Balaban J connectivity index is 2.03. The van der Waals surface area contributed by atoms with Crippen molar-refractivity contribution in [3.8, 4) is 0 Å². The number of halogens is 1. The van der Waals surface area contributed by atoms with Gasteiger partial charge in [-0.2, -0.15) is 0 Å². The second-order valence-electron chi connectivity index (χ2n) is 5.03. The van der Waals surface area contributed by atoms with Gasteiger partial charge in [-0.15, -0.1) is 11.8 Å². The van der Waals surface area contributed by atoms with Gasteiger partial charge in [0.05, 0.1) is 5.25 Å². The van der Waals surface area contributed by atoms with Gasteiger partial charge in [0.15, 0.2) is 0 Å². The number of hydrogen-bond acceptors (Lipinski definition) is 2. The third-order valence-corrected chi connectivity index (χ3v) is 6.33. The molecular formula is C15H20BrNOS. The molecule has 1 heterocycles. The predicted molar refractivity (Wildman–Crippen MR) is 85.0 cm³/mol. The average molecular weight is 342 g/mol. The van der Waals surface area contributed by atoms with Gasteiger partial charge in [0.2, 0.25) is 5.91 Å². The summed E-state index contributed by atoms with van der Waals surface area (Å²) in [6.45, 7) is 4.25. The average Bonchev–Trinajstić information content (AvgIpc) is 2.89. The van der Waals surface area contributed by atoms with E-state index in [2.05, 4.69) is 47.2 Å². The fraction of sp³-hybridized carbons (Fsp3) is 0.533. The Bertz CT molecular complexity index is 426. The first-order valence-electron chi connectivity index (χ1n) is 6.76. The minimum absolute atomic E-state index is 0.0222. The van der Waals surface area contributed by atoms with Crippen LogP contribution in [0.15, 0.2) is 29.2 Å². The van der Waals surface area contributed by atoms with E-state index in [1.165, 1.54) is 10.5 Å². The van der Waals surface area contributed by atoms with Crippen LogP contribution in [0.5, 0.6) is 0 Å². The Morgan fingerprint density at radius 3 is 2.68 bits per heavy atom. The first kappa shape index (κ1) is 14.9. The molecular weight excluding hydrogens is 322 g/mol. The number of fused-ring (bicyclic) bond motifs is 1. The number of alkyl halides is 1. The molecule has 19 heavy (non-hydrogen) atoms. The van der Waals surface area contributed by atoms with Crippen LogP contribution in [0, 0.1) is 0 Å². The van der Waals surface area contributed by atoms with Gasteiger partial charge in [-0.3, -0.25) is 4.79 Å². The Kier molecular flexibility index (Phi) is 4.96. The van der Waals surface area contributed by atoms with Gasteiger partial charge in [-0.05, 0) is 30.9 Å². The molecule has 104 valence electrons. The van der Waals surface area contributed by atoms with Crippen molar-refractivity contribution in [2.45, 2.75) is 48.8 Å². The molecule has 2 nitrogen and oxygen atoms in total. The van der Waals surface area contributed by atoms with Gasteiger partial charge in [0, 0.05) is 15.8 Å². The van der Waals surface area contributed by atoms with Crippen molar-refractivity contribution in [2.24, 2.45) is 0 Å². The molecule has 1 unspecified atom stereocenters. The maximum atomic E-state index is 12.5. The van der Waals surface area contributed by atoms with Crippen molar-refractivity contribution < 1.29 is 4.79 Å². The lowest BCUT2D eigenvalue weighted by molar-refractivity contribution is -0.122. The summed E-state index contributed by atoms with van der Waals surface area (Å²) < 4.78 is 0. The summed E-state index contributed by atoms with van der Waals surface area (Å²) in [5, 5.41) is 4.08. The summed E-state index contributed by atoms with van der Waals surface area (Å²) >= 11 is 5.23. The number of benzene rings is 1. The molecule has 0 radical (unpaired) electrons. The number of thioether (sulfide) groups is 1. The monoisotopic (exact) mass is 341 g/mol. The Morgan fingerprint density at radius 2 is 2.11 bits per heavy atom. The van der Waals surface area contributed by atoms with Gasteiger partial charge in [-0.25, -0.2) is 0 Å². The van der Waals surface area contributed by atoms with Crippen molar-refractivity contribution in [2.75, 3.05) is 5.33 Å². The molecule has 0 spiro atoms. The van der Waals surface area contributed by atoms with E-state index in [4.69, 9.17) is 0 Å². The zero-order valence-corrected chi connectivity index (χ0v) is 13.8. The first-order valence-corrected chi connectivity index (χ1v) is 8.77. The molecule has 0 bridgehead atoms. The molecule has 2 rings (SSSR count). The largest absolute Gasteiger partial charge is 0.349 e. The van der Waals surface area contributed by atoms with E-state index in [1.54, 1.807) is 11.8 Å². The Hall–Kier alpha value is -0.480. The predicted octanol–water partition coefficient (Wildman–Crippen LogP) is 3.77. The van der Waals surface area contributed by atoms with Crippen LogP contribution in [0.2, 0.25) is 0 Å². The van der Waals surface area contributed by atoms with Crippen LogP contribution < -0.4 is 5.32 Å². The van der Waals surface area contributed by atoms with E-state index in [1.807, 2.05) is 12.1 Å². The fourth-order valence-corrected chi connectivity index (χ4v) is 4.45. The van der Waals surface area contributed by atoms with Crippen molar-refractivity contribution >= 4 is 33.6 Å². The summed E-state index contributed by atoms with van der Waals surface area (Å²) in [5.41, 5.74) is 1.19. The van der Waals surface area contributed by atoms with Crippen molar-refractivity contribution in [3.63, 3.8) is 0 Å². The van der Waals surface area contributed by atoms with E-state index < -0.39 is 0 Å². The van der Waals surface area contributed by atoms with Gasteiger partial charge >= 0.3 is 0 Å². The molecule has 1 amide bonds. The van der Waals surface area contributed by atoms with Crippen molar-refractivity contribution in [1.82, 2.24) is 5.32 Å². The van der Waals surface area contributed by atoms with Crippen LogP contribution in [-0.4, -0.2) is 22.0 Å². The zero-order chi connectivity index (χ0) is 13.9. The lowest BCUT2D eigenvalue weighted by Crippen LogP contribution is -2.51. The molecule has 1 aliphatic rings. The second-order valence-corrected chi connectivity index (χ2v) is 6.83. The number of hydrogen-bond donors (Lipinski definition) is 1. The SMILES string of the molecule is CCC(CC)(CBr)NC(=O)C1Cc2ccccc2S1. The highest BCUT2D eigenvalue weighted by Crippen LogP contribution is 2.37. The van der Waals surface area contributed by atoms with Crippen molar-refractivity contribution in [3.05, 3.63) is 29.8 Å². The fourth-order valence-electron chi connectivity index (χ4n) is 2.32. The van der Waals surface area contributed by atoms with Crippen LogP contribution in [-0.2, 0) is 11.2 Å². The van der Waals surface area contributed by atoms with Crippen molar-refractivity contribution in [1.29, 1.82) is 0 Å². The lowest BCUT2D eigenvalue weighted by atomic mass is 9.95. The molecule has 1 N–H and O–H groups in total. The van der Waals surface area contributed by atoms with E-state index in [0.29, 0.717) is 0 Å². The Labute approximate surface area is 127 Å². The normalized spacial score (nSPS) is 18.2. The Morgan fingerprint density at radius 1 is 1.42 bits per heavy atom. The van der Waals surface area contributed by atoms with Crippen LogP contribution in [0.3, 0.4) is 0 Å². The molecule has 1 aromatic carbocycles. The van der Waals surface area contributed by atoms with Crippen LogP contribution in [0.4, 0.5) is 0 Å². The maximum absolute atomic E-state index is 12.5. The smallest absolute Gasteiger partial charge is 0.234 e. The summed E-state index contributed by atoms with van der Waals surface area (Å²) in [4.78, 5) is 13.7. The molecule has 0 saturated heterocycles. The molecule has 1 aliphatic heterocycles. The highest BCUT2D eigenvalue weighted by Gasteiger charge is 2.33. The minimum atomic E-state index is -0.105. The summed E-state index contributed by atoms with van der Waals surface area (Å²) in [5.74, 6) is 0.171. The number of carbonyl (C=O) groups is 1. The number of nitrogens with one attached hydrogen (secondary N) is 1. The molecule has 4 heteroatoms. The third kappa shape index (κ3) is 3.16. The molecule has 0 saturated carbocycles. The first-order chi connectivity index (χ1) is 9.14. The third-order valence-electron chi connectivity index (χ3n) is 3.94. The van der Waals surface area contributed by atoms with Gasteiger partial charge in [0.25, 0.3) is 0 Å². The van der Waals surface area contributed by atoms with E-state index in [-0.39, 0.29) is 16.7 Å². The van der Waals surface area contributed by atoms with Crippen LogP contribution >= 0.6 is 27.7 Å². The highest BCUT2D eigenvalue weighted by molar-refractivity contribution is 9.09. The number of amides is 1. The maximum Gasteiger partial charge on any atom is 0.234 e. The molecule has 1 aromatic rings. The topological polar surface area (TPSA) is 29.1 Å². The molecule has 0 aromatic heterocycles. The standard InChI is InChI=1S/C15H20BrNOS/c1-3-15(4-2,10-16)17-14(18)13-9-11-7-5-6-8-12(11)19-13/h5-8,13H,3-4,9-10H2,1-2H3,(H,17,18). The minimum Gasteiger partial charge on any atom is -0.349 e. The van der Waals surface area contributed by atoms with Crippen LogP contribution in [0.1, 0.15) is 32.3 Å². The second kappa shape index (κ2) is 6.31. The van der Waals surface area contributed by atoms with Gasteiger partial charge in [-0.1, -0.05) is 48.0 Å². The summed E-state index contributed by atoms with van der Waals surface area (Å²) in [6.07, 6.45) is 2.74. The van der Waals surface area contributed by atoms with Gasteiger partial charge < -0.3 is 5.32 Å². The number of carbonyl (C=O) groups excluding carboxylic acids is 1. The molecule has 0 fully saturated rings. The molecule has 0 aliphatic carbocycles. The number of rotatable bonds is 5. The van der Waals surface area contributed by atoms with Crippen LogP contribution in [0.25, 0.3) is 0 Å². The summed E-state index contributed by atoms with van der Waals surface area (Å²) in [6, 6.07) is 8.30. The summed E-state index contributed by atoms with van der Waals surface area (Å²) in [7, 11) is 0. The van der Waals surface area contributed by atoms with E-state index >= 15 is 0 Å². The zero-order valence-electron chi connectivity index (χ0n) is 11.4. The lowest BCUT2D eigenvalue weighted by Gasteiger charge is -2.32. The highest BCUT2D eigenvalue weighted by atomic mass is 79.9. The van der Waals surface area contributed by atoms with E-state index in [0.717, 1.165) is 24.6 Å².